The fourth-order valence-electron chi connectivity index (χ4n) is 4.99. The number of sulfonamides is 1. The lowest BCUT2D eigenvalue weighted by Crippen LogP contribution is -2.49. The van der Waals surface area contributed by atoms with Crippen LogP contribution in [0.5, 0.6) is 5.75 Å². The van der Waals surface area contributed by atoms with Crippen molar-refractivity contribution >= 4 is 38.9 Å². The highest BCUT2D eigenvalue weighted by molar-refractivity contribution is 7.92. The first kappa shape index (κ1) is 31.8. The zero-order valence-electron chi connectivity index (χ0n) is 24.8. The summed E-state index contributed by atoms with van der Waals surface area (Å²) < 4.78 is 33.1. The Balaban J connectivity index is 1.52. The van der Waals surface area contributed by atoms with E-state index in [-0.39, 0.29) is 41.3 Å². The average molecular weight is 610 g/mol. The van der Waals surface area contributed by atoms with E-state index in [1.165, 1.54) is 0 Å². The molecule has 11 nitrogen and oxygen atoms in total. The summed E-state index contributed by atoms with van der Waals surface area (Å²) in [6.07, 6.45) is 0.617. The van der Waals surface area contributed by atoms with Gasteiger partial charge in [-0.25, -0.2) is 8.42 Å². The Hall–Kier alpha value is -4.13. The largest absolute Gasteiger partial charge is 0.486 e. The van der Waals surface area contributed by atoms with Gasteiger partial charge in [0.2, 0.25) is 10.0 Å². The number of para-hydroxylation sites is 3. The molecule has 0 aliphatic carbocycles. The van der Waals surface area contributed by atoms with Crippen molar-refractivity contribution in [2.75, 3.05) is 48.8 Å². The van der Waals surface area contributed by atoms with Crippen molar-refractivity contribution in [1.82, 2.24) is 9.80 Å². The SMILES string of the molecule is C[C@H]1CN([C@@H](C)CO)C(=O)c2cccc(NS(C)(=O)=O)c2O[C@@H]1CN(C)Cc1ccc(C(=O)Nc2ccccc2N)cc1. The molecule has 0 radical (unpaired) electrons. The maximum atomic E-state index is 13.5. The molecule has 3 atom stereocenters. The number of amides is 2. The van der Waals surface area contributed by atoms with Crippen molar-refractivity contribution in [2.45, 2.75) is 32.5 Å². The van der Waals surface area contributed by atoms with Crippen molar-refractivity contribution in [3.63, 3.8) is 0 Å². The zero-order chi connectivity index (χ0) is 31.3. The van der Waals surface area contributed by atoms with Gasteiger partial charge >= 0.3 is 0 Å². The maximum absolute atomic E-state index is 13.5. The van der Waals surface area contributed by atoms with Gasteiger partial charge in [-0.2, -0.15) is 0 Å². The topological polar surface area (TPSA) is 154 Å². The van der Waals surface area contributed by atoms with Gasteiger partial charge in [0.05, 0.1) is 41.5 Å². The second-order valence-corrected chi connectivity index (χ2v) is 12.9. The summed E-state index contributed by atoms with van der Waals surface area (Å²) >= 11 is 0. The van der Waals surface area contributed by atoms with Gasteiger partial charge in [-0.1, -0.05) is 37.3 Å². The van der Waals surface area contributed by atoms with E-state index >= 15 is 0 Å². The summed E-state index contributed by atoms with van der Waals surface area (Å²) in [7, 11) is -1.71. The molecule has 0 fully saturated rings. The van der Waals surface area contributed by atoms with Crippen LogP contribution in [0.15, 0.2) is 66.7 Å². The molecule has 230 valence electrons. The molecule has 0 saturated carbocycles. The van der Waals surface area contributed by atoms with Crippen LogP contribution < -0.4 is 20.5 Å². The Bertz CT molecular complexity index is 1560. The number of anilines is 3. The van der Waals surface area contributed by atoms with E-state index in [2.05, 4.69) is 14.9 Å². The van der Waals surface area contributed by atoms with Crippen molar-refractivity contribution in [2.24, 2.45) is 5.92 Å². The number of hydrogen-bond donors (Lipinski definition) is 4. The molecule has 2 amide bonds. The third-order valence-corrected chi connectivity index (χ3v) is 7.95. The molecule has 0 unspecified atom stereocenters. The van der Waals surface area contributed by atoms with E-state index in [4.69, 9.17) is 10.5 Å². The minimum atomic E-state index is -3.65. The van der Waals surface area contributed by atoms with Gasteiger partial charge in [0, 0.05) is 31.1 Å². The van der Waals surface area contributed by atoms with Gasteiger partial charge in [0.15, 0.2) is 5.75 Å². The molecule has 1 aliphatic rings. The quantitative estimate of drug-likeness (QED) is 0.256. The third-order valence-electron chi connectivity index (χ3n) is 7.36. The molecule has 5 N–H and O–H groups in total. The summed E-state index contributed by atoms with van der Waals surface area (Å²) in [6.45, 7) is 4.87. The minimum Gasteiger partial charge on any atom is -0.486 e. The molecule has 12 heteroatoms. The first-order valence-electron chi connectivity index (χ1n) is 14.0. The number of aliphatic hydroxyl groups is 1. The molecular formula is C31H39N5O6S. The lowest BCUT2D eigenvalue weighted by Gasteiger charge is -2.38. The van der Waals surface area contributed by atoms with Crippen LogP contribution in [0.4, 0.5) is 17.1 Å². The molecule has 43 heavy (non-hydrogen) atoms. The monoisotopic (exact) mass is 609 g/mol. The van der Waals surface area contributed by atoms with Gasteiger partial charge in [0.25, 0.3) is 11.8 Å². The van der Waals surface area contributed by atoms with E-state index in [1.54, 1.807) is 66.4 Å². The fourth-order valence-corrected chi connectivity index (χ4v) is 5.55. The summed E-state index contributed by atoms with van der Waals surface area (Å²) in [5, 5.41) is 12.7. The fraction of sp³-hybridized carbons (Fsp3) is 0.355. The number of carbonyl (C=O) groups excluding carboxylic acids is 2. The number of nitrogens with zero attached hydrogens (tertiary/aromatic N) is 2. The second kappa shape index (κ2) is 13.4. The van der Waals surface area contributed by atoms with E-state index in [0.717, 1.165) is 11.8 Å². The first-order valence-corrected chi connectivity index (χ1v) is 15.9. The van der Waals surface area contributed by atoms with Crippen molar-refractivity contribution in [3.8, 4) is 5.75 Å². The smallest absolute Gasteiger partial charge is 0.258 e. The Morgan fingerprint density at radius 3 is 2.44 bits per heavy atom. The number of benzene rings is 3. The van der Waals surface area contributed by atoms with Gasteiger partial charge < -0.3 is 25.8 Å². The summed E-state index contributed by atoms with van der Waals surface area (Å²) in [6, 6.07) is 18.7. The number of fused-ring (bicyclic) bond motifs is 1. The molecule has 3 aromatic rings. The zero-order valence-corrected chi connectivity index (χ0v) is 25.6. The first-order chi connectivity index (χ1) is 20.4. The normalized spacial score (nSPS) is 17.8. The van der Waals surface area contributed by atoms with Crippen LogP contribution in [0.1, 0.15) is 40.1 Å². The number of rotatable bonds is 10. The standard InChI is InChI=1S/C31H39N5O6S/c1-20-16-36(21(2)19-37)31(39)24-8-7-11-27(34-43(4,40)41)29(24)42-28(20)18-35(3)17-22-12-14-23(15-13-22)30(38)33-26-10-6-5-9-25(26)32/h5-15,20-21,28,34,37H,16-19,32H2,1-4H3,(H,33,38)/t20-,21-,28+/m0/s1. The van der Waals surface area contributed by atoms with E-state index in [0.29, 0.717) is 36.6 Å². The summed E-state index contributed by atoms with van der Waals surface area (Å²) in [5.74, 6) is -0.599. The number of ether oxygens (including phenoxy) is 1. The van der Waals surface area contributed by atoms with Gasteiger partial charge in [0.1, 0.15) is 6.10 Å². The van der Waals surface area contributed by atoms with Crippen LogP contribution in [0, 0.1) is 5.92 Å². The lowest BCUT2D eigenvalue weighted by atomic mass is 9.99. The molecule has 0 saturated heterocycles. The number of nitrogens with two attached hydrogens (primary N) is 1. The van der Waals surface area contributed by atoms with Crippen molar-refractivity contribution in [3.05, 3.63) is 83.4 Å². The van der Waals surface area contributed by atoms with E-state index in [9.17, 15) is 23.1 Å². The van der Waals surface area contributed by atoms with Crippen LogP contribution in [-0.2, 0) is 16.6 Å². The van der Waals surface area contributed by atoms with Gasteiger partial charge in [-0.15, -0.1) is 0 Å². The number of likely N-dealkylation sites (N-methyl/N-ethyl adjacent to an activating group) is 1. The van der Waals surface area contributed by atoms with Crippen LogP contribution in [0.2, 0.25) is 0 Å². The number of hydrogen-bond acceptors (Lipinski definition) is 8. The Kier molecular flexibility index (Phi) is 9.95. The van der Waals surface area contributed by atoms with Gasteiger partial charge in [-0.3, -0.25) is 19.2 Å². The van der Waals surface area contributed by atoms with E-state index in [1.807, 2.05) is 26.1 Å². The lowest BCUT2D eigenvalue weighted by molar-refractivity contribution is 0.0344. The van der Waals surface area contributed by atoms with Crippen LogP contribution in [0.3, 0.4) is 0 Å². The Morgan fingerprint density at radius 1 is 1.12 bits per heavy atom. The van der Waals surface area contributed by atoms with Crippen LogP contribution in [0.25, 0.3) is 0 Å². The molecule has 1 heterocycles. The van der Waals surface area contributed by atoms with Crippen LogP contribution >= 0.6 is 0 Å². The van der Waals surface area contributed by atoms with Crippen molar-refractivity contribution < 1.29 is 27.9 Å². The van der Waals surface area contributed by atoms with Crippen molar-refractivity contribution in [1.29, 1.82) is 0 Å². The third kappa shape index (κ3) is 8.04. The molecule has 3 aromatic carbocycles. The second-order valence-electron chi connectivity index (χ2n) is 11.1. The average Bonchev–Trinajstić information content (AvgIpc) is 2.95. The Morgan fingerprint density at radius 2 is 1.79 bits per heavy atom. The highest BCUT2D eigenvalue weighted by atomic mass is 32.2. The number of aliphatic hydroxyl groups excluding tert-OH is 1. The molecule has 1 aliphatic heterocycles. The highest BCUT2D eigenvalue weighted by Crippen LogP contribution is 2.35. The number of carbonyl (C=O) groups is 2. The molecule has 0 spiro atoms. The van der Waals surface area contributed by atoms with Crippen LogP contribution in [-0.4, -0.2) is 80.3 Å². The molecule has 4 rings (SSSR count). The predicted octanol–water partition coefficient (Wildman–Crippen LogP) is 3.24. The van der Waals surface area contributed by atoms with E-state index < -0.39 is 22.2 Å². The minimum absolute atomic E-state index is 0.156. The maximum Gasteiger partial charge on any atom is 0.258 e. The Labute approximate surface area is 252 Å². The molecule has 0 aromatic heterocycles. The summed E-state index contributed by atoms with van der Waals surface area (Å²) in [5.41, 5.74) is 8.85. The molecule has 0 bridgehead atoms. The van der Waals surface area contributed by atoms with Gasteiger partial charge in [-0.05, 0) is 55.9 Å². The molecular weight excluding hydrogens is 570 g/mol. The number of nitrogens with one attached hydrogen (secondary N) is 2. The predicted molar refractivity (Wildman–Crippen MR) is 168 cm³/mol. The highest BCUT2D eigenvalue weighted by Gasteiger charge is 2.34. The summed E-state index contributed by atoms with van der Waals surface area (Å²) in [4.78, 5) is 29.9. The number of nitrogen functional groups attached to an aromatic ring is 1.